The van der Waals surface area contributed by atoms with E-state index in [9.17, 15) is 13.8 Å². The Balaban J connectivity index is 2.00. The van der Waals surface area contributed by atoms with Crippen molar-refractivity contribution in [2.24, 2.45) is 0 Å². The molecule has 0 radical (unpaired) electrons. The summed E-state index contributed by atoms with van der Waals surface area (Å²) >= 11 is 6.03. The molecule has 1 aromatic heterocycles. The number of anilines is 1. The predicted molar refractivity (Wildman–Crippen MR) is 111 cm³/mol. The number of nitrogens with zero attached hydrogens (tertiary/aromatic N) is 1. The second-order valence-electron chi connectivity index (χ2n) is 6.19. The lowest BCUT2D eigenvalue weighted by molar-refractivity contribution is 0.102. The fourth-order valence-corrected chi connectivity index (χ4v) is 3.79. The van der Waals surface area contributed by atoms with Crippen LogP contribution in [0, 0.1) is 0 Å². The van der Waals surface area contributed by atoms with Gasteiger partial charge in [0.25, 0.3) is 5.91 Å². The molecule has 0 spiro atoms. The summed E-state index contributed by atoms with van der Waals surface area (Å²) in [6.45, 7) is 2.55. The number of aromatic nitrogens is 1. The van der Waals surface area contributed by atoms with Crippen molar-refractivity contribution in [2.75, 3.05) is 11.6 Å². The highest BCUT2D eigenvalue weighted by Gasteiger charge is 2.16. The highest BCUT2D eigenvalue weighted by Crippen LogP contribution is 2.19. The number of hydrogen-bond donors (Lipinski definition) is 1. The number of aryl methyl sites for hydroxylation is 1. The van der Waals surface area contributed by atoms with Crippen LogP contribution in [0.25, 0.3) is 10.9 Å². The molecule has 3 rings (SSSR count). The third-order valence-corrected chi connectivity index (χ3v) is 5.16. The first-order valence-corrected chi connectivity index (χ1v) is 10.5. The summed E-state index contributed by atoms with van der Waals surface area (Å²) in [6, 6.07) is 12.2. The molecule has 0 fully saturated rings. The van der Waals surface area contributed by atoms with E-state index >= 15 is 0 Å². The van der Waals surface area contributed by atoms with E-state index in [0.717, 1.165) is 11.1 Å². The van der Waals surface area contributed by atoms with Gasteiger partial charge in [0.2, 0.25) is 5.43 Å². The Kier molecular flexibility index (Phi) is 5.77. The summed E-state index contributed by atoms with van der Waals surface area (Å²) in [5.41, 5.74) is 1.83. The smallest absolute Gasteiger partial charge is 0.261 e. The molecule has 0 aliphatic rings. The van der Waals surface area contributed by atoms with Gasteiger partial charge < -0.3 is 9.88 Å². The standard InChI is InChI=1S/C20H19ClN2O3S/c1-3-23-11-17(19(24)16-10-14(21)7-8-18(16)23)20(25)22-15-6-4-5-13(9-15)12-27(2)26/h4-11H,3,12H2,1-2H3,(H,22,25)/t27-/m0/s1. The van der Waals surface area contributed by atoms with Crippen LogP contribution >= 0.6 is 11.6 Å². The zero-order valence-electron chi connectivity index (χ0n) is 15.0. The Hall–Kier alpha value is -2.44. The van der Waals surface area contributed by atoms with E-state index < -0.39 is 16.7 Å². The quantitative estimate of drug-likeness (QED) is 0.705. The molecule has 27 heavy (non-hydrogen) atoms. The SMILES string of the molecule is CCn1cc(C(=O)Nc2cccc(C[S@](C)=O)c2)c(=O)c2cc(Cl)ccc21. The molecule has 0 saturated carbocycles. The van der Waals surface area contributed by atoms with Crippen LogP contribution in [-0.4, -0.2) is 20.9 Å². The van der Waals surface area contributed by atoms with Gasteiger partial charge in [0.1, 0.15) is 5.56 Å². The van der Waals surface area contributed by atoms with Crippen LogP contribution in [0.4, 0.5) is 5.69 Å². The van der Waals surface area contributed by atoms with Crippen LogP contribution in [0.15, 0.2) is 53.5 Å². The van der Waals surface area contributed by atoms with Crippen molar-refractivity contribution in [3.63, 3.8) is 0 Å². The molecule has 1 amide bonds. The van der Waals surface area contributed by atoms with Crippen molar-refractivity contribution >= 4 is 44.9 Å². The van der Waals surface area contributed by atoms with Crippen molar-refractivity contribution in [2.45, 2.75) is 19.2 Å². The lowest BCUT2D eigenvalue weighted by Crippen LogP contribution is -2.24. The number of hydrogen-bond acceptors (Lipinski definition) is 3. The van der Waals surface area contributed by atoms with Crippen LogP contribution in [0.5, 0.6) is 0 Å². The number of nitrogens with one attached hydrogen (secondary N) is 1. The largest absolute Gasteiger partial charge is 0.347 e. The molecule has 0 bridgehead atoms. The molecule has 2 aromatic carbocycles. The van der Waals surface area contributed by atoms with Gasteiger partial charge in [0.15, 0.2) is 0 Å². The van der Waals surface area contributed by atoms with Crippen molar-refractivity contribution in [3.05, 3.63) is 75.0 Å². The summed E-state index contributed by atoms with van der Waals surface area (Å²) in [5, 5.41) is 3.61. The van der Waals surface area contributed by atoms with E-state index in [0.29, 0.717) is 28.4 Å². The van der Waals surface area contributed by atoms with Gasteiger partial charge in [0.05, 0.1) is 5.52 Å². The second-order valence-corrected chi connectivity index (χ2v) is 8.06. The van der Waals surface area contributed by atoms with Gasteiger partial charge >= 0.3 is 0 Å². The third kappa shape index (κ3) is 4.28. The first kappa shape index (κ1) is 19.3. The predicted octanol–water partition coefficient (Wildman–Crippen LogP) is 3.81. The number of fused-ring (bicyclic) bond motifs is 1. The minimum absolute atomic E-state index is 0.0519. The zero-order valence-corrected chi connectivity index (χ0v) is 16.6. The molecule has 1 heterocycles. The number of carbonyl (C=O) groups excluding carboxylic acids is 1. The molecule has 7 heteroatoms. The first-order valence-electron chi connectivity index (χ1n) is 8.42. The van der Waals surface area contributed by atoms with Gasteiger partial charge in [-0.15, -0.1) is 0 Å². The second kappa shape index (κ2) is 8.06. The number of benzene rings is 2. The molecule has 5 nitrogen and oxygen atoms in total. The topological polar surface area (TPSA) is 68.2 Å². The van der Waals surface area contributed by atoms with Gasteiger partial charge in [-0.3, -0.25) is 13.8 Å². The van der Waals surface area contributed by atoms with E-state index in [4.69, 9.17) is 11.6 Å². The maximum Gasteiger partial charge on any atom is 0.261 e. The van der Waals surface area contributed by atoms with Gasteiger partial charge in [-0.05, 0) is 42.8 Å². The van der Waals surface area contributed by atoms with Crippen LogP contribution in [-0.2, 0) is 23.1 Å². The summed E-state index contributed by atoms with van der Waals surface area (Å²) < 4.78 is 13.3. The van der Waals surface area contributed by atoms with Crippen LogP contribution < -0.4 is 10.7 Å². The fourth-order valence-electron chi connectivity index (χ4n) is 2.97. The molecule has 1 atom stereocenters. The summed E-state index contributed by atoms with van der Waals surface area (Å²) in [6.07, 6.45) is 3.19. The molecule has 0 aliphatic carbocycles. The molecule has 0 aliphatic heterocycles. The average molecular weight is 403 g/mol. The van der Waals surface area contributed by atoms with Crippen molar-refractivity contribution in [1.82, 2.24) is 4.57 Å². The molecule has 0 unspecified atom stereocenters. The van der Waals surface area contributed by atoms with Crippen molar-refractivity contribution in [1.29, 1.82) is 0 Å². The molecule has 3 aromatic rings. The Morgan fingerprint density at radius 3 is 2.70 bits per heavy atom. The van der Waals surface area contributed by atoms with Crippen LogP contribution in [0.2, 0.25) is 5.02 Å². The van der Waals surface area contributed by atoms with Gasteiger partial charge in [-0.1, -0.05) is 23.7 Å². The van der Waals surface area contributed by atoms with Crippen molar-refractivity contribution in [3.8, 4) is 0 Å². The molecule has 0 saturated heterocycles. The van der Waals surface area contributed by atoms with Crippen LogP contribution in [0.1, 0.15) is 22.8 Å². The summed E-state index contributed by atoms with van der Waals surface area (Å²) in [5.74, 6) is -0.0836. The monoisotopic (exact) mass is 402 g/mol. The average Bonchev–Trinajstić information content (AvgIpc) is 2.62. The Labute approximate surface area is 164 Å². The van der Waals surface area contributed by atoms with Gasteiger partial charge in [0, 0.05) is 51.6 Å². The van der Waals surface area contributed by atoms with E-state index in [1.54, 1.807) is 48.9 Å². The van der Waals surface area contributed by atoms with E-state index in [2.05, 4.69) is 5.32 Å². The number of carbonyl (C=O) groups is 1. The molecule has 140 valence electrons. The lowest BCUT2D eigenvalue weighted by atomic mass is 10.1. The number of rotatable bonds is 5. The minimum atomic E-state index is -0.978. The van der Waals surface area contributed by atoms with Gasteiger partial charge in [-0.25, -0.2) is 0 Å². The number of halogens is 1. The van der Waals surface area contributed by atoms with Crippen LogP contribution in [0.3, 0.4) is 0 Å². The highest BCUT2D eigenvalue weighted by atomic mass is 35.5. The maximum atomic E-state index is 12.8. The minimum Gasteiger partial charge on any atom is -0.347 e. The zero-order chi connectivity index (χ0) is 19.6. The Bertz CT molecular complexity index is 1110. The number of pyridine rings is 1. The molecular formula is C20H19ClN2O3S. The summed E-state index contributed by atoms with van der Waals surface area (Å²) in [4.78, 5) is 25.6. The molecule has 1 N–H and O–H groups in total. The first-order chi connectivity index (χ1) is 12.9. The van der Waals surface area contributed by atoms with Crippen molar-refractivity contribution < 1.29 is 9.00 Å². The van der Waals surface area contributed by atoms with E-state index in [1.807, 2.05) is 17.6 Å². The third-order valence-electron chi connectivity index (χ3n) is 4.18. The highest BCUT2D eigenvalue weighted by molar-refractivity contribution is 7.83. The Morgan fingerprint density at radius 2 is 2.00 bits per heavy atom. The molecular weight excluding hydrogens is 384 g/mol. The fraction of sp³-hybridized carbons (Fsp3) is 0.200. The Morgan fingerprint density at radius 1 is 1.22 bits per heavy atom. The van der Waals surface area contributed by atoms with E-state index in [-0.39, 0.29) is 11.0 Å². The maximum absolute atomic E-state index is 12.8. The van der Waals surface area contributed by atoms with E-state index in [1.165, 1.54) is 0 Å². The van der Waals surface area contributed by atoms with Gasteiger partial charge in [-0.2, -0.15) is 0 Å². The summed E-state index contributed by atoms with van der Waals surface area (Å²) in [7, 11) is -0.978. The number of amides is 1. The normalized spacial score (nSPS) is 12.1. The lowest BCUT2D eigenvalue weighted by Gasteiger charge is -2.12.